The Kier molecular flexibility index (Phi) is 6.22. The van der Waals surface area contributed by atoms with Crippen LogP contribution in [-0.2, 0) is 17.7 Å². The maximum atomic E-state index is 12.7. The number of rotatable bonds is 7. The zero-order valence-electron chi connectivity index (χ0n) is 13.7. The molecule has 0 radical (unpaired) electrons. The Morgan fingerprint density at radius 1 is 1.40 bits per heavy atom. The lowest BCUT2D eigenvalue weighted by molar-refractivity contribution is 0.102. The lowest BCUT2D eigenvalue weighted by Crippen LogP contribution is -2.27. The normalized spacial score (nSPS) is 13.0. The summed E-state index contributed by atoms with van der Waals surface area (Å²) >= 11 is 8.69. The number of benzene rings is 1. The summed E-state index contributed by atoms with van der Waals surface area (Å²) in [7, 11) is 1.59. The van der Waals surface area contributed by atoms with Gasteiger partial charge < -0.3 is 4.74 Å². The van der Waals surface area contributed by atoms with Crippen LogP contribution in [0.25, 0.3) is 0 Å². The van der Waals surface area contributed by atoms with Gasteiger partial charge in [-0.1, -0.05) is 23.4 Å². The summed E-state index contributed by atoms with van der Waals surface area (Å²) < 4.78 is 6.71. The monoisotopic (exact) mass is 396 g/mol. The van der Waals surface area contributed by atoms with Crippen molar-refractivity contribution in [2.45, 2.75) is 23.0 Å². The molecule has 1 aliphatic heterocycles. The highest BCUT2D eigenvalue weighted by Gasteiger charge is 2.22. The van der Waals surface area contributed by atoms with Crippen molar-refractivity contribution in [3.05, 3.63) is 50.9 Å². The number of Topliss-reactive ketones (excluding diaryl/α,β-unsaturated/α-hetero) is 1. The van der Waals surface area contributed by atoms with Crippen LogP contribution in [0.2, 0.25) is 5.02 Å². The number of hydrogen-bond donors (Lipinski definition) is 0. The number of methoxy groups -OCH3 is 1. The number of hydrogen-bond acceptors (Lipinski definition) is 6. The number of aryl methyl sites for hydroxylation is 1. The summed E-state index contributed by atoms with van der Waals surface area (Å²) in [4.78, 5) is 30.4. The van der Waals surface area contributed by atoms with Gasteiger partial charge in [-0.3, -0.25) is 14.2 Å². The molecule has 0 atom stereocenters. The average molecular weight is 397 g/mol. The van der Waals surface area contributed by atoms with Gasteiger partial charge in [0.05, 0.1) is 29.5 Å². The van der Waals surface area contributed by atoms with Crippen molar-refractivity contribution in [3.63, 3.8) is 0 Å². The van der Waals surface area contributed by atoms with Crippen LogP contribution < -0.4 is 5.56 Å². The molecular formula is C17H17ClN2O3S2. The lowest BCUT2D eigenvalue weighted by atomic mass is 10.1. The summed E-state index contributed by atoms with van der Waals surface area (Å²) in [5, 5.41) is 1.17. The minimum atomic E-state index is -0.0361. The Hall–Kier alpha value is -1.28. The Bertz CT molecular complexity index is 837. The van der Waals surface area contributed by atoms with Gasteiger partial charge in [0.25, 0.3) is 5.56 Å². The van der Waals surface area contributed by atoms with Gasteiger partial charge in [-0.25, -0.2) is 4.98 Å². The Balaban J connectivity index is 1.81. The molecule has 0 saturated heterocycles. The van der Waals surface area contributed by atoms with E-state index in [2.05, 4.69) is 4.98 Å². The SMILES string of the molecule is COCCn1c(SCC(=O)c2ccc(Cl)cc2)nc2c(c1=O)SCC2. The molecule has 1 aromatic heterocycles. The van der Waals surface area contributed by atoms with Crippen molar-refractivity contribution in [2.24, 2.45) is 0 Å². The lowest BCUT2D eigenvalue weighted by Gasteiger charge is -2.13. The van der Waals surface area contributed by atoms with E-state index in [-0.39, 0.29) is 17.1 Å². The standard InChI is InChI=1S/C17H17ClN2O3S2/c1-23-8-7-20-16(22)15-13(6-9-24-15)19-17(20)25-10-14(21)11-2-4-12(18)5-3-11/h2-5H,6-10H2,1H3. The molecule has 2 heterocycles. The first-order chi connectivity index (χ1) is 12.1. The van der Waals surface area contributed by atoms with Gasteiger partial charge in [-0.05, 0) is 24.3 Å². The summed E-state index contributed by atoms with van der Waals surface area (Å²) in [5.41, 5.74) is 1.40. The van der Waals surface area contributed by atoms with Crippen LogP contribution in [0.1, 0.15) is 16.1 Å². The summed E-state index contributed by atoms with van der Waals surface area (Å²) in [6.07, 6.45) is 0.791. The van der Waals surface area contributed by atoms with Gasteiger partial charge in [0.1, 0.15) is 0 Å². The second-order valence-electron chi connectivity index (χ2n) is 5.44. The molecule has 1 aliphatic rings. The van der Waals surface area contributed by atoms with Crippen LogP contribution in [0.4, 0.5) is 0 Å². The fourth-order valence-electron chi connectivity index (χ4n) is 2.46. The first-order valence-electron chi connectivity index (χ1n) is 7.77. The predicted molar refractivity (Wildman–Crippen MR) is 101 cm³/mol. The van der Waals surface area contributed by atoms with E-state index in [1.807, 2.05) is 0 Å². The van der Waals surface area contributed by atoms with E-state index in [4.69, 9.17) is 16.3 Å². The van der Waals surface area contributed by atoms with Crippen LogP contribution in [0.5, 0.6) is 0 Å². The molecule has 0 aliphatic carbocycles. The number of halogens is 1. The Morgan fingerprint density at radius 2 is 2.16 bits per heavy atom. The molecule has 8 heteroatoms. The molecule has 2 aromatic rings. The second kappa shape index (κ2) is 8.40. The van der Waals surface area contributed by atoms with Crippen LogP contribution in [-0.4, -0.2) is 40.6 Å². The quantitative estimate of drug-likeness (QED) is 0.407. The first kappa shape index (κ1) is 18.5. The average Bonchev–Trinajstić information content (AvgIpc) is 3.08. The largest absolute Gasteiger partial charge is 0.383 e. The van der Waals surface area contributed by atoms with Crippen LogP contribution in [0.3, 0.4) is 0 Å². The first-order valence-corrected chi connectivity index (χ1v) is 10.1. The number of thioether (sulfide) groups is 2. The summed E-state index contributed by atoms with van der Waals surface area (Å²) in [5.74, 6) is 1.07. The second-order valence-corrected chi connectivity index (χ2v) is 7.92. The molecule has 0 amide bonds. The highest BCUT2D eigenvalue weighted by atomic mass is 35.5. The van der Waals surface area contributed by atoms with E-state index in [0.29, 0.717) is 28.9 Å². The molecule has 132 valence electrons. The topological polar surface area (TPSA) is 61.2 Å². The van der Waals surface area contributed by atoms with Gasteiger partial charge >= 0.3 is 0 Å². The van der Waals surface area contributed by atoms with E-state index in [9.17, 15) is 9.59 Å². The summed E-state index contributed by atoms with van der Waals surface area (Å²) in [6, 6.07) is 6.80. The zero-order chi connectivity index (χ0) is 17.8. The summed E-state index contributed by atoms with van der Waals surface area (Å²) in [6.45, 7) is 0.845. The molecular weight excluding hydrogens is 380 g/mol. The van der Waals surface area contributed by atoms with Crippen molar-refractivity contribution in [3.8, 4) is 0 Å². The number of ether oxygens (including phenoxy) is 1. The smallest absolute Gasteiger partial charge is 0.268 e. The molecule has 25 heavy (non-hydrogen) atoms. The molecule has 0 bridgehead atoms. The van der Waals surface area contributed by atoms with Gasteiger partial charge in [0.15, 0.2) is 10.9 Å². The number of ketones is 1. The van der Waals surface area contributed by atoms with Crippen LogP contribution in [0, 0.1) is 0 Å². The van der Waals surface area contributed by atoms with Crippen molar-refractivity contribution >= 4 is 40.9 Å². The van der Waals surface area contributed by atoms with E-state index < -0.39 is 0 Å². The minimum absolute atomic E-state index is 0.0240. The fraction of sp³-hybridized carbons (Fsp3) is 0.353. The third kappa shape index (κ3) is 4.28. The third-order valence-electron chi connectivity index (χ3n) is 3.77. The molecule has 5 nitrogen and oxygen atoms in total. The number of fused-ring (bicyclic) bond motifs is 1. The van der Waals surface area contributed by atoms with Crippen molar-refractivity contribution < 1.29 is 9.53 Å². The molecule has 0 N–H and O–H groups in total. The Labute approximate surface area is 159 Å². The van der Waals surface area contributed by atoms with E-state index in [1.165, 1.54) is 11.8 Å². The molecule has 0 saturated carbocycles. The van der Waals surface area contributed by atoms with Crippen LogP contribution in [0.15, 0.2) is 39.1 Å². The maximum absolute atomic E-state index is 12.7. The van der Waals surface area contributed by atoms with Crippen molar-refractivity contribution in [2.75, 3.05) is 25.2 Å². The van der Waals surface area contributed by atoms with Crippen molar-refractivity contribution in [1.82, 2.24) is 9.55 Å². The number of carbonyl (C=O) groups is 1. The van der Waals surface area contributed by atoms with Gasteiger partial charge in [0, 0.05) is 29.9 Å². The fourth-order valence-corrected chi connectivity index (χ4v) is 4.57. The highest BCUT2D eigenvalue weighted by molar-refractivity contribution is 8.00. The molecule has 3 rings (SSSR count). The van der Waals surface area contributed by atoms with E-state index >= 15 is 0 Å². The number of carbonyl (C=O) groups excluding carboxylic acids is 1. The van der Waals surface area contributed by atoms with Gasteiger partial charge in [-0.2, -0.15) is 0 Å². The van der Waals surface area contributed by atoms with E-state index in [1.54, 1.807) is 47.7 Å². The predicted octanol–water partition coefficient (Wildman–Crippen LogP) is 3.17. The van der Waals surface area contributed by atoms with Gasteiger partial charge in [-0.15, -0.1) is 11.8 Å². The van der Waals surface area contributed by atoms with Gasteiger partial charge in [0.2, 0.25) is 0 Å². The molecule has 0 fully saturated rings. The maximum Gasteiger partial charge on any atom is 0.268 e. The third-order valence-corrected chi connectivity index (χ3v) is 6.10. The van der Waals surface area contributed by atoms with Crippen LogP contribution >= 0.6 is 35.1 Å². The highest BCUT2D eigenvalue weighted by Crippen LogP contribution is 2.29. The zero-order valence-corrected chi connectivity index (χ0v) is 16.0. The number of aromatic nitrogens is 2. The number of nitrogens with zero attached hydrogens (tertiary/aromatic N) is 2. The molecule has 1 aromatic carbocycles. The van der Waals surface area contributed by atoms with Crippen molar-refractivity contribution in [1.29, 1.82) is 0 Å². The molecule has 0 unspecified atom stereocenters. The minimum Gasteiger partial charge on any atom is -0.383 e. The Morgan fingerprint density at radius 3 is 2.88 bits per heavy atom. The van der Waals surface area contributed by atoms with E-state index in [0.717, 1.165) is 22.8 Å². The molecule has 0 spiro atoms.